The molecule has 0 aromatic carbocycles. The molecule has 0 spiro atoms. The van der Waals surface area contributed by atoms with Gasteiger partial charge in [0, 0.05) is 24.7 Å². The number of nitrogens with zero attached hydrogens (tertiary/aromatic N) is 1. The average molecular weight is 393 g/mol. The Hall–Kier alpha value is -1.56. The van der Waals surface area contributed by atoms with Crippen LogP contribution in [0.4, 0.5) is 4.79 Å². The Bertz CT molecular complexity index is 604. The van der Waals surface area contributed by atoms with Crippen molar-refractivity contribution < 1.29 is 19.4 Å². The van der Waals surface area contributed by atoms with E-state index >= 15 is 0 Å². The minimum atomic E-state index is -0.968. The highest BCUT2D eigenvalue weighted by molar-refractivity contribution is 5.82. The number of rotatable bonds is 4. The molecule has 1 heterocycles. The first kappa shape index (κ1) is 21.2. The first-order valence-electron chi connectivity index (χ1n) is 11.0. The second-order valence-electron chi connectivity index (χ2n) is 9.65. The summed E-state index contributed by atoms with van der Waals surface area (Å²) in [5, 5.41) is 13.6. The molecule has 0 saturated heterocycles. The quantitative estimate of drug-likeness (QED) is 0.739. The number of carbonyl (C=O) groups excluding carboxylic acids is 1. The SMILES string of the molecule is CC(C)(C)OC(=O)N1C=C(C2CCCCC2NC2CCCCC2)C[C@H]1C(=O)O. The minimum absolute atomic E-state index is 0.310. The van der Waals surface area contributed by atoms with Crippen LogP contribution in [0.1, 0.15) is 85.0 Å². The van der Waals surface area contributed by atoms with Crippen molar-refractivity contribution in [2.45, 2.75) is 109 Å². The maximum atomic E-state index is 12.6. The van der Waals surface area contributed by atoms with Crippen LogP contribution in [-0.4, -0.2) is 45.8 Å². The van der Waals surface area contributed by atoms with E-state index in [9.17, 15) is 14.7 Å². The summed E-state index contributed by atoms with van der Waals surface area (Å²) >= 11 is 0. The normalized spacial score (nSPS) is 29.5. The van der Waals surface area contributed by atoms with Gasteiger partial charge in [0.1, 0.15) is 11.6 Å². The first-order valence-corrected chi connectivity index (χ1v) is 11.0. The molecule has 0 aromatic rings. The molecule has 0 bridgehead atoms. The van der Waals surface area contributed by atoms with Crippen molar-refractivity contribution >= 4 is 12.1 Å². The van der Waals surface area contributed by atoms with Crippen LogP contribution < -0.4 is 5.32 Å². The lowest BCUT2D eigenvalue weighted by Gasteiger charge is -2.37. The molecule has 2 fully saturated rings. The Morgan fingerprint density at radius 1 is 1.07 bits per heavy atom. The van der Waals surface area contributed by atoms with Crippen molar-refractivity contribution in [1.29, 1.82) is 0 Å². The van der Waals surface area contributed by atoms with Gasteiger partial charge >= 0.3 is 12.1 Å². The lowest BCUT2D eigenvalue weighted by molar-refractivity contribution is -0.141. The van der Waals surface area contributed by atoms with Gasteiger partial charge < -0.3 is 15.2 Å². The molecular formula is C22H36N2O4. The third-order valence-corrected chi connectivity index (χ3v) is 6.26. The predicted octanol–water partition coefficient (Wildman–Crippen LogP) is 4.45. The largest absolute Gasteiger partial charge is 0.480 e. The third-order valence-electron chi connectivity index (χ3n) is 6.26. The van der Waals surface area contributed by atoms with Crippen LogP contribution in [0.15, 0.2) is 11.8 Å². The average Bonchev–Trinajstić information content (AvgIpc) is 3.07. The monoisotopic (exact) mass is 392 g/mol. The fourth-order valence-corrected chi connectivity index (χ4v) is 4.94. The number of carboxylic acid groups (broad SMARTS) is 1. The highest BCUT2D eigenvalue weighted by atomic mass is 16.6. The van der Waals surface area contributed by atoms with Gasteiger partial charge in [-0.25, -0.2) is 9.59 Å². The van der Waals surface area contributed by atoms with Gasteiger partial charge in [0.15, 0.2) is 0 Å². The van der Waals surface area contributed by atoms with Crippen molar-refractivity contribution in [1.82, 2.24) is 10.2 Å². The molecule has 3 rings (SSSR count). The van der Waals surface area contributed by atoms with Gasteiger partial charge in [-0.2, -0.15) is 0 Å². The zero-order valence-electron chi connectivity index (χ0n) is 17.6. The standard InChI is InChI=1S/C22H36N2O4/c1-22(2,3)28-21(27)24-14-15(13-19(24)20(25)26)17-11-7-8-12-18(17)23-16-9-5-4-6-10-16/h14,16-19,23H,4-13H2,1-3H3,(H,25,26)/t17?,18?,19-/m0/s1. The number of nitrogens with one attached hydrogen (secondary N) is 1. The molecule has 2 N–H and O–H groups in total. The van der Waals surface area contributed by atoms with Crippen LogP contribution >= 0.6 is 0 Å². The second-order valence-corrected chi connectivity index (χ2v) is 9.65. The highest BCUT2D eigenvalue weighted by Crippen LogP contribution is 2.38. The molecule has 28 heavy (non-hydrogen) atoms. The van der Waals surface area contributed by atoms with Gasteiger partial charge in [-0.05, 0) is 57.9 Å². The van der Waals surface area contributed by atoms with E-state index < -0.39 is 23.7 Å². The number of carboxylic acids is 1. The third kappa shape index (κ3) is 5.28. The van der Waals surface area contributed by atoms with Crippen LogP contribution in [0.25, 0.3) is 0 Å². The molecule has 158 valence electrons. The molecule has 6 heteroatoms. The highest BCUT2D eigenvalue weighted by Gasteiger charge is 2.41. The Labute approximate surface area is 168 Å². The van der Waals surface area contributed by atoms with Crippen LogP contribution in [0.2, 0.25) is 0 Å². The number of hydrogen-bond donors (Lipinski definition) is 2. The van der Waals surface area contributed by atoms with Crippen molar-refractivity contribution in [3.63, 3.8) is 0 Å². The zero-order valence-corrected chi connectivity index (χ0v) is 17.6. The molecule has 3 aliphatic rings. The van der Waals surface area contributed by atoms with Gasteiger partial charge in [-0.3, -0.25) is 4.90 Å². The van der Waals surface area contributed by atoms with E-state index in [0.29, 0.717) is 24.4 Å². The Balaban J connectivity index is 1.74. The molecule has 3 atom stereocenters. The Kier molecular flexibility index (Phi) is 6.69. The van der Waals surface area contributed by atoms with Crippen LogP contribution in [0, 0.1) is 5.92 Å². The molecule has 6 nitrogen and oxygen atoms in total. The molecule has 1 aliphatic heterocycles. The second kappa shape index (κ2) is 8.85. The van der Waals surface area contributed by atoms with Crippen molar-refractivity contribution in [2.24, 2.45) is 5.92 Å². The first-order chi connectivity index (χ1) is 13.2. The number of hydrogen-bond acceptors (Lipinski definition) is 4. The van der Waals surface area contributed by atoms with Crippen molar-refractivity contribution in [3.8, 4) is 0 Å². The summed E-state index contributed by atoms with van der Waals surface area (Å²) in [5.74, 6) is -0.658. The summed E-state index contributed by atoms with van der Waals surface area (Å²) in [6.07, 6.45) is 12.6. The van der Waals surface area contributed by atoms with Gasteiger partial charge in [0.05, 0.1) is 0 Å². The topological polar surface area (TPSA) is 78.9 Å². The summed E-state index contributed by atoms with van der Waals surface area (Å²) in [7, 11) is 0. The van der Waals surface area contributed by atoms with E-state index in [1.54, 1.807) is 27.0 Å². The summed E-state index contributed by atoms with van der Waals surface area (Å²) in [5.41, 5.74) is 0.443. The van der Waals surface area contributed by atoms with E-state index in [1.807, 2.05) is 0 Å². The van der Waals surface area contributed by atoms with Crippen LogP contribution in [0.5, 0.6) is 0 Å². The summed E-state index contributed by atoms with van der Waals surface area (Å²) < 4.78 is 5.45. The Morgan fingerprint density at radius 3 is 2.36 bits per heavy atom. The van der Waals surface area contributed by atoms with Gasteiger partial charge in [-0.15, -0.1) is 0 Å². The predicted molar refractivity (Wildman–Crippen MR) is 108 cm³/mol. The number of ether oxygens (including phenoxy) is 1. The fraction of sp³-hybridized carbons (Fsp3) is 0.818. The van der Waals surface area contributed by atoms with E-state index in [4.69, 9.17) is 4.74 Å². The lowest BCUT2D eigenvalue weighted by Crippen LogP contribution is -2.45. The number of amides is 1. The van der Waals surface area contributed by atoms with Gasteiger partial charge in [0.2, 0.25) is 0 Å². The maximum Gasteiger partial charge on any atom is 0.415 e. The zero-order chi connectivity index (χ0) is 20.3. The summed E-state index contributed by atoms with van der Waals surface area (Å²) in [6.45, 7) is 5.39. The van der Waals surface area contributed by atoms with E-state index in [0.717, 1.165) is 24.8 Å². The Morgan fingerprint density at radius 2 is 1.71 bits per heavy atom. The molecule has 1 amide bonds. The molecule has 2 saturated carbocycles. The lowest BCUT2D eigenvalue weighted by atomic mass is 9.78. The van der Waals surface area contributed by atoms with Crippen LogP contribution in [0.3, 0.4) is 0 Å². The number of aliphatic carboxylic acids is 1. The fourth-order valence-electron chi connectivity index (χ4n) is 4.94. The minimum Gasteiger partial charge on any atom is -0.480 e. The van der Waals surface area contributed by atoms with Crippen LogP contribution in [-0.2, 0) is 9.53 Å². The molecule has 0 radical (unpaired) electrons. The molecule has 2 aliphatic carbocycles. The van der Waals surface area contributed by atoms with Gasteiger partial charge in [-0.1, -0.05) is 32.1 Å². The smallest absolute Gasteiger partial charge is 0.415 e. The number of carbonyl (C=O) groups is 2. The van der Waals surface area contributed by atoms with E-state index in [-0.39, 0.29) is 0 Å². The summed E-state index contributed by atoms with van der Waals surface area (Å²) in [6, 6.07) is 0.108. The summed E-state index contributed by atoms with van der Waals surface area (Å²) in [4.78, 5) is 25.7. The molecule has 0 aromatic heterocycles. The molecule has 2 unspecified atom stereocenters. The molecular weight excluding hydrogens is 356 g/mol. The van der Waals surface area contributed by atoms with E-state index in [2.05, 4.69) is 5.32 Å². The van der Waals surface area contributed by atoms with Crippen molar-refractivity contribution in [2.75, 3.05) is 0 Å². The van der Waals surface area contributed by atoms with Crippen molar-refractivity contribution in [3.05, 3.63) is 11.8 Å². The van der Waals surface area contributed by atoms with Gasteiger partial charge in [0.25, 0.3) is 0 Å². The van der Waals surface area contributed by atoms with E-state index in [1.165, 1.54) is 43.4 Å². The maximum absolute atomic E-state index is 12.6.